The summed E-state index contributed by atoms with van der Waals surface area (Å²) in [6, 6.07) is 10.4. The summed E-state index contributed by atoms with van der Waals surface area (Å²) in [6.07, 6.45) is 3.09. The van der Waals surface area contributed by atoms with Crippen molar-refractivity contribution < 1.29 is 22.7 Å². The summed E-state index contributed by atoms with van der Waals surface area (Å²) in [6.45, 7) is 4.79. The number of hydrogen-bond donors (Lipinski definition) is 2. The van der Waals surface area contributed by atoms with Crippen LogP contribution in [0.25, 0.3) is 0 Å². The maximum absolute atomic E-state index is 12.5. The largest absolute Gasteiger partial charge is 0.493 e. The Labute approximate surface area is 172 Å². The van der Waals surface area contributed by atoms with Crippen molar-refractivity contribution >= 4 is 21.6 Å². The van der Waals surface area contributed by atoms with E-state index in [1.165, 1.54) is 6.07 Å². The van der Waals surface area contributed by atoms with E-state index in [4.69, 9.17) is 9.47 Å². The van der Waals surface area contributed by atoms with Crippen molar-refractivity contribution in [2.24, 2.45) is 0 Å². The summed E-state index contributed by atoms with van der Waals surface area (Å²) >= 11 is 0. The fourth-order valence-corrected chi connectivity index (χ4v) is 3.24. The van der Waals surface area contributed by atoms with Gasteiger partial charge in [0.1, 0.15) is 0 Å². The molecule has 7 nitrogen and oxygen atoms in total. The summed E-state index contributed by atoms with van der Waals surface area (Å²) in [5.74, 6) is 0.984. The molecule has 0 saturated carbocycles. The first-order valence-corrected chi connectivity index (χ1v) is 11.3. The van der Waals surface area contributed by atoms with Gasteiger partial charge >= 0.3 is 0 Å². The highest BCUT2D eigenvalue weighted by atomic mass is 32.2. The molecule has 2 rings (SSSR count). The molecule has 0 aliphatic carbocycles. The zero-order valence-electron chi connectivity index (χ0n) is 17.2. The Hall–Kier alpha value is -2.74. The number of rotatable bonds is 10. The number of ether oxygens (including phenoxy) is 2. The Morgan fingerprint density at radius 3 is 2.52 bits per heavy atom. The molecule has 0 bridgehead atoms. The monoisotopic (exact) mass is 420 g/mol. The average Bonchev–Trinajstić information content (AvgIpc) is 2.67. The van der Waals surface area contributed by atoms with Crippen molar-refractivity contribution in [2.45, 2.75) is 33.2 Å². The molecule has 2 aromatic rings. The predicted octanol–water partition coefficient (Wildman–Crippen LogP) is 3.48. The lowest BCUT2D eigenvalue weighted by molar-refractivity contribution is 0.0951. The lowest BCUT2D eigenvalue weighted by atomic mass is 10.1. The summed E-state index contributed by atoms with van der Waals surface area (Å²) in [5, 5.41) is 2.84. The maximum Gasteiger partial charge on any atom is 0.251 e. The third kappa shape index (κ3) is 6.98. The van der Waals surface area contributed by atoms with Gasteiger partial charge in [-0.25, -0.2) is 8.42 Å². The average molecular weight is 421 g/mol. The summed E-state index contributed by atoms with van der Waals surface area (Å²) < 4.78 is 36.5. The van der Waals surface area contributed by atoms with Crippen LogP contribution in [0.2, 0.25) is 0 Å². The molecule has 2 N–H and O–H groups in total. The van der Waals surface area contributed by atoms with Crippen LogP contribution in [0.15, 0.2) is 36.4 Å². The Morgan fingerprint density at radius 1 is 1.10 bits per heavy atom. The number of methoxy groups -OCH3 is 1. The molecule has 8 heteroatoms. The molecule has 0 fully saturated rings. The van der Waals surface area contributed by atoms with Crippen molar-refractivity contribution in [2.75, 3.05) is 24.7 Å². The summed E-state index contributed by atoms with van der Waals surface area (Å²) in [4.78, 5) is 12.5. The van der Waals surface area contributed by atoms with Gasteiger partial charge in [-0.2, -0.15) is 0 Å². The van der Waals surface area contributed by atoms with Crippen molar-refractivity contribution in [1.29, 1.82) is 0 Å². The lowest BCUT2D eigenvalue weighted by Crippen LogP contribution is -2.23. The van der Waals surface area contributed by atoms with E-state index in [2.05, 4.69) is 17.0 Å². The van der Waals surface area contributed by atoms with Crippen molar-refractivity contribution in [3.8, 4) is 11.5 Å². The van der Waals surface area contributed by atoms with Gasteiger partial charge in [-0.3, -0.25) is 9.52 Å². The number of carbonyl (C=O) groups is 1. The molecule has 0 unspecified atom stereocenters. The first-order valence-electron chi connectivity index (χ1n) is 9.40. The fourth-order valence-electron chi connectivity index (χ4n) is 2.63. The first kappa shape index (κ1) is 22.5. The number of hydrogen-bond acceptors (Lipinski definition) is 5. The van der Waals surface area contributed by atoms with Gasteiger partial charge in [0.05, 0.1) is 25.7 Å². The first-order chi connectivity index (χ1) is 13.7. The lowest BCUT2D eigenvalue weighted by Gasteiger charge is -2.13. The molecule has 0 spiro atoms. The van der Waals surface area contributed by atoms with Crippen molar-refractivity contribution in [3.63, 3.8) is 0 Å². The van der Waals surface area contributed by atoms with Gasteiger partial charge in [0.15, 0.2) is 11.5 Å². The highest BCUT2D eigenvalue weighted by molar-refractivity contribution is 7.92. The molecule has 158 valence electrons. The molecule has 0 radical (unpaired) electrons. The van der Waals surface area contributed by atoms with Crippen LogP contribution in [-0.2, 0) is 16.6 Å². The smallest absolute Gasteiger partial charge is 0.251 e. The number of anilines is 1. The predicted molar refractivity (Wildman–Crippen MR) is 114 cm³/mol. The Balaban J connectivity index is 2.06. The van der Waals surface area contributed by atoms with Crippen LogP contribution in [0.1, 0.15) is 41.3 Å². The second kappa shape index (κ2) is 10.2. The molecule has 29 heavy (non-hydrogen) atoms. The van der Waals surface area contributed by atoms with Crippen LogP contribution in [0.3, 0.4) is 0 Å². The van der Waals surface area contributed by atoms with E-state index in [9.17, 15) is 13.2 Å². The van der Waals surface area contributed by atoms with Crippen molar-refractivity contribution in [3.05, 3.63) is 53.1 Å². The molecule has 0 heterocycles. The number of carbonyl (C=O) groups excluding carboxylic acids is 1. The third-order valence-corrected chi connectivity index (χ3v) is 4.82. The van der Waals surface area contributed by atoms with E-state index in [1.54, 1.807) is 26.2 Å². The van der Waals surface area contributed by atoms with Crippen LogP contribution >= 0.6 is 0 Å². The number of aryl methyl sites for hydroxylation is 1. The van der Waals surface area contributed by atoms with E-state index in [0.717, 1.165) is 30.2 Å². The molecule has 0 aliphatic rings. The molecular formula is C21H28N2O5S. The van der Waals surface area contributed by atoms with Gasteiger partial charge in [0.25, 0.3) is 5.91 Å². The third-order valence-electron chi connectivity index (χ3n) is 4.23. The second-order valence-electron chi connectivity index (χ2n) is 6.77. The Kier molecular flexibility index (Phi) is 7.90. The van der Waals surface area contributed by atoms with Gasteiger partial charge in [-0.05, 0) is 48.7 Å². The fraction of sp³-hybridized carbons (Fsp3) is 0.381. The van der Waals surface area contributed by atoms with E-state index < -0.39 is 10.0 Å². The van der Waals surface area contributed by atoms with E-state index in [1.807, 2.05) is 18.2 Å². The second-order valence-corrected chi connectivity index (χ2v) is 8.52. The molecule has 0 atom stereocenters. The Bertz CT molecular complexity index is 958. The number of benzene rings is 2. The van der Waals surface area contributed by atoms with Gasteiger partial charge in [0.2, 0.25) is 10.0 Å². The SMILES string of the molecule is CCCCOc1ccc(CNC(=O)c2ccc(C)c(NS(C)(=O)=O)c2)cc1OC. The minimum atomic E-state index is -3.43. The van der Waals surface area contributed by atoms with E-state index >= 15 is 0 Å². The highest BCUT2D eigenvalue weighted by Gasteiger charge is 2.12. The number of nitrogens with one attached hydrogen (secondary N) is 2. The number of unbranched alkanes of at least 4 members (excludes halogenated alkanes) is 1. The van der Waals surface area contributed by atoms with Crippen LogP contribution in [0, 0.1) is 6.92 Å². The minimum Gasteiger partial charge on any atom is -0.493 e. The highest BCUT2D eigenvalue weighted by Crippen LogP contribution is 2.28. The minimum absolute atomic E-state index is 0.299. The van der Waals surface area contributed by atoms with Gasteiger partial charge in [0, 0.05) is 12.1 Å². The van der Waals surface area contributed by atoms with Crippen LogP contribution in [0.5, 0.6) is 11.5 Å². The van der Waals surface area contributed by atoms with Crippen LogP contribution < -0.4 is 19.5 Å². The normalized spacial score (nSPS) is 11.0. The molecule has 1 amide bonds. The maximum atomic E-state index is 12.5. The molecule has 2 aromatic carbocycles. The van der Waals surface area contributed by atoms with Crippen molar-refractivity contribution in [1.82, 2.24) is 5.32 Å². The molecule has 0 aromatic heterocycles. The standard InChI is InChI=1S/C21H28N2O5S/c1-5-6-11-28-19-10-8-16(12-20(19)27-3)14-22-21(24)17-9-7-15(2)18(13-17)23-29(4,25)26/h7-10,12-13,23H,5-6,11,14H2,1-4H3,(H,22,24). The van der Waals surface area contributed by atoms with E-state index in [0.29, 0.717) is 35.9 Å². The zero-order valence-corrected chi connectivity index (χ0v) is 18.1. The topological polar surface area (TPSA) is 93.7 Å². The summed E-state index contributed by atoms with van der Waals surface area (Å²) in [7, 11) is -1.85. The summed E-state index contributed by atoms with van der Waals surface area (Å²) in [5.41, 5.74) is 2.35. The van der Waals surface area contributed by atoms with Gasteiger partial charge < -0.3 is 14.8 Å². The number of sulfonamides is 1. The zero-order chi connectivity index (χ0) is 21.4. The molecular weight excluding hydrogens is 392 g/mol. The number of amides is 1. The quantitative estimate of drug-likeness (QED) is 0.574. The molecule has 0 aliphatic heterocycles. The van der Waals surface area contributed by atoms with Crippen LogP contribution in [0.4, 0.5) is 5.69 Å². The van der Waals surface area contributed by atoms with Gasteiger partial charge in [-0.15, -0.1) is 0 Å². The van der Waals surface area contributed by atoms with Crippen LogP contribution in [-0.4, -0.2) is 34.3 Å². The van der Waals surface area contributed by atoms with E-state index in [-0.39, 0.29) is 5.91 Å². The Morgan fingerprint density at radius 2 is 1.86 bits per heavy atom. The van der Waals surface area contributed by atoms with Gasteiger partial charge in [-0.1, -0.05) is 25.5 Å². The molecule has 0 saturated heterocycles.